The van der Waals surface area contributed by atoms with Gasteiger partial charge in [0.1, 0.15) is 0 Å². The molecule has 0 aliphatic heterocycles. The molecule has 3 rings (SSSR count). The fraction of sp³-hybridized carbons (Fsp3) is 0.294. The molecule has 1 aliphatic carbocycles. The minimum atomic E-state index is 0. The number of nitrogens with one attached hydrogen (secondary N) is 1. The highest BCUT2D eigenvalue weighted by molar-refractivity contribution is 14.0. The van der Waals surface area contributed by atoms with Gasteiger partial charge in [-0.1, -0.05) is 29.8 Å². The molecule has 1 fully saturated rings. The first-order chi connectivity index (χ1) is 10.7. The van der Waals surface area contributed by atoms with Crippen LogP contribution in [0.4, 0.5) is 0 Å². The van der Waals surface area contributed by atoms with E-state index < -0.39 is 0 Å². The number of halogens is 2. The Kier molecular flexibility index (Phi) is 6.65. The summed E-state index contributed by atoms with van der Waals surface area (Å²) in [5.41, 5.74) is 8.23. The van der Waals surface area contributed by atoms with Crippen molar-refractivity contribution in [1.29, 1.82) is 0 Å². The second kappa shape index (κ2) is 8.49. The lowest BCUT2D eigenvalue weighted by Crippen LogP contribution is -2.34. The molecular weight excluding hydrogens is 423 g/mol. The third-order valence-corrected chi connectivity index (χ3v) is 4.01. The number of nitrogens with zero attached hydrogens (tertiary/aromatic N) is 2. The second-order valence-electron chi connectivity index (χ2n) is 5.49. The molecule has 2 unspecified atom stereocenters. The average Bonchev–Trinajstić information content (AvgIpc) is 3.27. The number of rotatable bonds is 5. The van der Waals surface area contributed by atoms with Gasteiger partial charge in [0, 0.05) is 41.8 Å². The Morgan fingerprint density at radius 3 is 2.91 bits per heavy atom. The van der Waals surface area contributed by atoms with Crippen LogP contribution in [0, 0.1) is 0 Å². The van der Waals surface area contributed by atoms with Gasteiger partial charge in [0.2, 0.25) is 0 Å². The zero-order chi connectivity index (χ0) is 15.4. The third-order valence-electron chi connectivity index (χ3n) is 3.78. The normalized spacial score (nSPS) is 19.8. The van der Waals surface area contributed by atoms with E-state index in [1.807, 2.05) is 36.4 Å². The van der Waals surface area contributed by atoms with Crippen LogP contribution in [-0.4, -0.2) is 23.5 Å². The zero-order valence-electron chi connectivity index (χ0n) is 12.7. The Morgan fingerprint density at radius 2 is 2.17 bits per heavy atom. The Balaban J connectivity index is 0.00000192. The van der Waals surface area contributed by atoms with E-state index in [1.165, 1.54) is 5.56 Å². The van der Waals surface area contributed by atoms with Gasteiger partial charge in [0.15, 0.2) is 5.96 Å². The lowest BCUT2D eigenvalue weighted by molar-refractivity contribution is 0.838. The highest BCUT2D eigenvalue weighted by Gasteiger charge is 2.38. The van der Waals surface area contributed by atoms with Crippen molar-refractivity contribution in [3.8, 4) is 0 Å². The van der Waals surface area contributed by atoms with Crippen molar-refractivity contribution in [3.63, 3.8) is 0 Å². The van der Waals surface area contributed by atoms with Crippen LogP contribution < -0.4 is 11.1 Å². The van der Waals surface area contributed by atoms with Gasteiger partial charge in [-0.15, -0.1) is 24.0 Å². The molecule has 1 saturated carbocycles. The van der Waals surface area contributed by atoms with Crippen molar-refractivity contribution in [2.75, 3.05) is 6.54 Å². The summed E-state index contributed by atoms with van der Waals surface area (Å²) in [6.07, 6.45) is 3.66. The highest BCUT2D eigenvalue weighted by atomic mass is 127. The number of aromatic nitrogens is 1. The summed E-state index contributed by atoms with van der Waals surface area (Å²) in [6, 6.07) is 14.2. The number of aliphatic imine (C=N–C) groups is 1. The molecule has 1 aromatic heterocycles. The highest BCUT2D eigenvalue weighted by Crippen LogP contribution is 2.41. The molecule has 23 heavy (non-hydrogen) atoms. The Morgan fingerprint density at radius 1 is 1.30 bits per heavy atom. The number of hydrogen-bond acceptors (Lipinski definition) is 2. The first-order valence-corrected chi connectivity index (χ1v) is 7.82. The first kappa shape index (κ1) is 18.0. The standard InChI is InChI=1S/C17H19ClN4.HI/c18-13-5-3-4-12(10-13)15-11-16(15)22-17(19)21-9-7-14-6-1-2-8-20-14;/h1-6,8,10,15-16H,7,9,11H2,(H3,19,21,22);1H. The maximum atomic E-state index is 6.02. The minimum absolute atomic E-state index is 0. The first-order valence-electron chi connectivity index (χ1n) is 7.44. The summed E-state index contributed by atoms with van der Waals surface area (Å²) in [5.74, 6) is 0.980. The predicted molar refractivity (Wildman–Crippen MR) is 106 cm³/mol. The molecule has 2 atom stereocenters. The van der Waals surface area contributed by atoms with Crippen molar-refractivity contribution in [2.24, 2.45) is 10.7 Å². The molecule has 1 aliphatic rings. The van der Waals surface area contributed by atoms with Gasteiger partial charge < -0.3 is 11.1 Å². The summed E-state index contributed by atoms with van der Waals surface area (Å²) in [4.78, 5) is 8.63. The van der Waals surface area contributed by atoms with E-state index in [4.69, 9.17) is 17.3 Å². The van der Waals surface area contributed by atoms with Crippen LogP contribution in [0.15, 0.2) is 53.7 Å². The third kappa shape index (κ3) is 5.35. The fourth-order valence-corrected chi connectivity index (χ4v) is 2.73. The molecule has 6 heteroatoms. The van der Waals surface area contributed by atoms with E-state index in [0.717, 1.165) is 23.6 Å². The summed E-state index contributed by atoms with van der Waals surface area (Å²) in [6.45, 7) is 0.643. The lowest BCUT2D eigenvalue weighted by atomic mass is 10.1. The van der Waals surface area contributed by atoms with Crippen LogP contribution >= 0.6 is 35.6 Å². The Bertz CT molecular complexity index is 663. The van der Waals surface area contributed by atoms with Crippen LogP contribution in [0.2, 0.25) is 5.02 Å². The molecule has 2 aromatic rings. The predicted octanol–water partition coefficient (Wildman–Crippen LogP) is 3.36. The maximum absolute atomic E-state index is 6.02. The Labute approximate surface area is 158 Å². The van der Waals surface area contributed by atoms with Crippen LogP contribution in [0.25, 0.3) is 0 Å². The van der Waals surface area contributed by atoms with Gasteiger partial charge in [-0.25, -0.2) is 0 Å². The van der Waals surface area contributed by atoms with Gasteiger partial charge >= 0.3 is 0 Å². The van der Waals surface area contributed by atoms with Crippen molar-refractivity contribution in [1.82, 2.24) is 10.3 Å². The number of pyridine rings is 1. The lowest BCUT2D eigenvalue weighted by Gasteiger charge is -2.05. The molecule has 4 nitrogen and oxygen atoms in total. The van der Waals surface area contributed by atoms with E-state index >= 15 is 0 Å². The molecule has 0 spiro atoms. The number of hydrogen-bond donors (Lipinski definition) is 2. The molecular formula is C17H20ClIN4. The van der Waals surface area contributed by atoms with Gasteiger partial charge in [-0.3, -0.25) is 9.98 Å². The fourth-order valence-electron chi connectivity index (χ4n) is 2.53. The molecule has 3 N–H and O–H groups in total. The molecule has 1 heterocycles. The van der Waals surface area contributed by atoms with Gasteiger partial charge in [-0.2, -0.15) is 0 Å². The summed E-state index contributed by atoms with van der Waals surface area (Å²) < 4.78 is 0. The molecule has 0 bridgehead atoms. The van der Waals surface area contributed by atoms with Gasteiger partial charge in [-0.05, 0) is 36.2 Å². The monoisotopic (exact) mass is 442 g/mol. The maximum Gasteiger partial charge on any atom is 0.188 e. The van der Waals surface area contributed by atoms with Crippen LogP contribution in [0.1, 0.15) is 23.6 Å². The molecule has 122 valence electrons. The second-order valence-corrected chi connectivity index (χ2v) is 5.92. The average molecular weight is 443 g/mol. The zero-order valence-corrected chi connectivity index (χ0v) is 15.7. The topological polar surface area (TPSA) is 63.3 Å². The molecule has 1 aromatic carbocycles. The Hall–Kier alpha value is -1.34. The SMILES string of the molecule is I.NC(=NCCc1ccccn1)NC1CC1c1cccc(Cl)c1. The summed E-state index contributed by atoms with van der Waals surface area (Å²) >= 11 is 6.02. The summed E-state index contributed by atoms with van der Waals surface area (Å²) in [7, 11) is 0. The van der Waals surface area contributed by atoms with Crippen LogP contribution in [0.5, 0.6) is 0 Å². The number of benzene rings is 1. The number of nitrogens with two attached hydrogens (primary N) is 1. The molecule has 0 amide bonds. The molecule has 0 radical (unpaired) electrons. The van der Waals surface area contributed by atoms with E-state index in [1.54, 1.807) is 6.20 Å². The van der Waals surface area contributed by atoms with E-state index in [-0.39, 0.29) is 24.0 Å². The van der Waals surface area contributed by atoms with E-state index in [0.29, 0.717) is 24.5 Å². The summed E-state index contributed by atoms with van der Waals surface area (Å²) in [5, 5.41) is 4.05. The minimum Gasteiger partial charge on any atom is -0.370 e. The van der Waals surface area contributed by atoms with Gasteiger partial charge in [0.25, 0.3) is 0 Å². The molecule has 0 saturated heterocycles. The van der Waals surface area contributed by atoms with Crippen LogP contribution in [-0.2, 0) is 6.42 Å². The number of guanidine groups is 1. The smallest absolute Gasteiger partial charge is 0.188 e. The van der Waals surface area contributed by atoms with Gasteiger partial charge in [0.05, 0.1) is 0 Å². The van der Waals surface area contributed by atoms with E-state index in [9.17, 15) is 0 Å². The quantitative estimate of drug-likeness (QED) is 0.424. The van der Waals surface area contributed by atoms with Crippen molar-refractivity contribution in [3.05, 3.63) is 64.9 Å². The largest absolute Gasteiger partial charge is 0.370 e. The van der Waals surface area contributed by atoms with Crippen molar-refractivity contribution < 1.29 is 0 Å². The van der Waals surface area contributed by atoms with E-state index in [2.05, 4.69) is 21.4 Å². The van der Waals surface area contributed by atoms with Crippen molar-refractivity contribution in [2.45, 2.75) is 24.8 Å². The van der Waals surface area contributed by atoms with Crippen molar-refractivity contribution >= 4 is 41.5 Å². The van der Waals surface area contributed by atoms with Crippen LogP contribution in [0.3, 0.4) is 0 Å².